The molecule has 6 rings (SSSR count). The molecule has 1 saturated heterocycles. The van der Waals surface area contributed by atoms with E-state index in [9.17, 15) is 4.79 Å². The molecule has 5 aromatic rings. The van der Waals surface area contributed by atoms with Crippen LogP contribution >= 0.6 is 0 Å². The number of ether oxygens (including phenoxy) is 2. The Balaban J connectivity index is 1.56. The number of nitrogens with zero attached hydrogens (tertiary/aromatic N) is 6. The first-order valence-corrected chi connectivity index (χ1v) is 12.3. The second-order valence-corrected chi connectivity index (χ2v) is 9.32. The van der Waals surface area contributed by atoms with Crippen molar-refractivity contribution in [1.82, 2.24) is 24.1 Å². The van der Waals surface area contributed by atoms with E-state index in [0.717, 1.165) is 69.0 Å². The maximum Gasteiger partial charge on any atom is 0.333 e. The Morgan fingerprint density at radius 2 is 1.84 bits per heavy atom. The molecule has 0 unspecified atom stereocenters. The summed E-state index contributed by atoms with van der Waals surface area (Å²) in [5.41, 5.74) is 6.38. The predicted octanol–water partition coefficient (Wildman–Crippen LogP) is 4.01. The maximum atomic E-state index is 13.5. The van der Waals surface area contributed by atoms with Crippen LogP contribution < -0.4 is 15.3 Å². The molecule has 188 valence electrons. The van der Waals surface area contributed by atoms with Crippen LogP contribution in [0.2, 0.25) is 0 Å². The van der Waals surface area contributed by atoms with Crippen molar-refractivity contribution in [2.75, 3.05) is 32.2 Å². The van der Waals surface area contributed by atoms with Crippen molar-refractivity contribution in [1.29, 1.82) is 0 Å². The molecule has 4 aromatic heterocycles. The van der Waals surface area contributed by atoms with E-state index in [1.54, 1.807) is 36.6 Å². The highest BCUT2D eigenvalue weighted by molar-refractivity contribution is 6.04. The zero-order valence-electron chi connectivity index (χ0n) is 21.4. The number of anilines is 1. The summed E-state index contributed by atoms with van der Waals surface area (Å²) in [6.45, 7) is 4.36. The van der Waals surface area contributed by atoms with Gasteiger partial charge in [-0.25, -0.2) is 9.78 Å². The summed E-state index contributed by atoms with van der Waals surface area (Å²) >= 11 is 0. The lowest BCUT2D eigenvalue weighted by molar-refractivity contribution is 0.178. The molecule has 37 heavy (non-hydrogen) atoms. The normalized spacial score (nSPS) is 13.4. The van der Waals surface area contributed by atoms with Crippen molar-refractivity contribution < 1.29 is 9.47 Å². The van der Waals surface area contributed by atoms with Crippen molar-refractivity contribution in [3.05, 3.63) is 70.7 Å². The fourth-order valence-corrected chi connectivity index (χ4v) is 4.95. The number of hydrogen-bond donors (Lipinski definition) is 0. The van der Waals surface area contributed by atoms with Gasteiger partial charge < -0.3 is 14.4 Å². The van der Waals surface area contributed by atoms with Gasteiger partial charge in [-0.3, -0.25) is 19.1 Å². The summed E-state index contributed by atoms with van der Waals surface area (Å²) in [4.78, 5) is 29.8. The highest BCUT2D eigenvalue weighted by atomic mass is 16.5. The molecule has 0 amide bonds. The number of rotatable bonds is 6. The maximum absolute atomic E-state index is 13.5. The van der Waals surface area contributed by atoms with Crippen molar-refractivity contribution in [3.63, 3.8) is 0 Å². The van der Waals surface area contributed by atoms with E-state index in [4.69, 9.17) is 14.5 Å². The Morgan fingerprint density at radius 3 is 2.54 bits per heavy atom. The second-order valence-electron chi connectivity index (χ2n) is 9.32. The zero-order chi connectivity index (χ0) is 25.7. The van der Waals surface area contributed by atoms with Crippen LogP contribution in [0, 0.1) is 6.92 Å². The highest BCUT2D eigenvalue weighted by Gasteiger charge is 2.21. The van der Waals surface area contributed by atoms with E-state index in [0.29, 0.717) is 12.4 Å². The number of fused-ring (bicyclic) bond motifs is 3. The van der Waals surface area contributed by atoms with Crippen LogP contribution in [0.5, 0.6) is 5.75 Å². The minimum atomic E-state index is -0.136. The molecule has 1 aromatic carbocycles. The molecule has 0 radical (unpaired) electrons. The SMILES string of the molecule is COCc1ncc(-c2ccc3ncc4c(c3c2)n(-c2ccc(N3CCC3)nc2C)c(=O)n4C)cc1OC. The molecule has 1 aliphatic heterocycles. The average molecular weight is 497 g/mol. The Bertz CT molecular complexity index is 1720. The summed E-state index contributed by atoms with van der Waals surface area (Å²) in [5, 5.41) is 0.874. The lowest BCUT2D eigenvalue weighted by atomic mass is 10.0. The predicted molar refractivity (Wildman–Crippen MR) is 144 cm³/mol. The van der Waals surface area contributed by atoms with Crippen LogP contribution in [0.25, 0.3) is 38.8 Å². The minimum absolute atomic E-state index is 0.136. The van der Waals surface area contributed by atoms with Crippen molar-refractivity contribution >= 4 is 27.8 Å². The highest BCUT2D eigenvalue weighted by Crippen LogP contribution is 2.32. The zero-order valence-corrected chi connectivity index (χ0v) is 21.4. The summed E-state index contributed by atoms with van der Waals surface area (Å²) < 4.78 is 14.2. The lowest BCUT2D eigenvalue weighted by Gasteiger charge is -2.32. The van der Waals surface area contributed by atoms with Gasteiger partial charge >= 0.3 is 5.69 Å². The van der Waals surface area contributed by atoms with Gasteiger partial charge in [-0.05, 0) is 49.2 Å². The van der Waals surface area contributed by atoms with Gasteiger partial charge in [0.1, 0.15) is 17.3 Å². The van der Waals surface area contributed by atoms with E-state index in [1.165, 1.54) is 6.42 Å². The summed E-state index contributed by atoms with van der Waals surface area (Å²) in [6, 6.07) is 12.0. The second kappa shape index (κ2) is 9.01. The first kappa shape index (κ1) is 23.2. The van der Waals surface area contributed by atoms with Crippen LogP contribution in [0.4, 0.5) is 5.82 Å². The number of benzene rings is 1. The first-order chi connectivity index (χ1) is 18.0. The molecule has 9 nitrogen and oxygen atoms in total. The molecule has 1 fully saturated rings. The Morgan fingerprint density at radius 1 is 1.00 bits per heavy atom. The van der Waals surface area contributed by atoms with Crippen LogP contribution in [-0.2, 0) is 18.4 Å². The third kappa shape index (κ3) is 3.74. The fourth-order valence-electron chi connectivity index (χ4n) is 4.95. The largest absolute Gasteiger partial charge is 0.495 e. The average Bonchev–Trinajstić information content (AvgIpc) is 3.13. The number of aromatic nitrogens is 5. The third-order valence-electron chi connectivity index (χ3n) is 7.11. The van der Waals surface area contributed by atoms with Crippen LogP contribution in [0.15, 0.2) is 53.6 Å². The van der Waals surface area contributed by atoms with Gasteiger partial charge in [0.05, 0.1) is 47.8 Å². The molecule has 0 saturated carbocycles. The molecule has 0 spiro atoms. The van der Waals surface area contributed by atoms with E-state index in [1.807, 2.05) is 43.5 Å². The third-order valence-corrected chi connectivity index (χ3v) is 7.11. The molecular weight excluding hydrogens is 468 g/mol. The van der Waals surface area contributed by atoms with Gasteiger partial charge in [-0.1, -0.05) is 6.07 Å². The molecule has 0 N–H and O–H groups in total. The van der Waals surface area contributed by atoms with Crippen molar-refractivity contribution in [3.8, 4) is 22.6 Å². The number of hydrogen-bond acceptors (Lipinski definition) is 7. The quantitative estimate of drug-likeness (QED) is 0.351. The van der Waals surface area contributed by atoms with Crippen molar-refractivity contribution in [2.24, 2.45) is 7.05 Å². The van der Waals surface area contributed by atoms with Crippen LogP contribution in [0.3, 0.4) is 0 Å². The molecule has 5 heterocycles. The first-order valence-electron chi connectivity index (χ1n) is 12.3. The van der Waals surface area contributed by atoms with Crippen LogP contribution in [-0.4, -0.2) is 51.4 Å². The standard InChI is InChI=1S/C28H28N6O3/c1-17-23(8-9-26(31-17)33-10-5-11-33)34-27-20-12-18(19-13-25(37-4)22(16-36-3)29-14-19)6-7-21(20)30-15-24(27)32(2)28(34)35/h6-9,12-15H,5,10-11,16H2,1-4H3. The van der Waals surface area contributed by atoms with Gasteiger partial charge in [0.2, 0.25) is 0 Å². The molecule has 0 atom stereocenters. The summed E-state index contributed by atoms with van der Waals surface area (Å²) in [6.07, 6.45) is 4.76. The van der Waals surface area contributed by atoms with Gasteiger partial charge in [0, 0.05) is 44.4 Å². The molecule has 0 bridgehead atoms. The van der Waals surface area contributed by atoms with E-state index >= 15 is 0 Å². The Kier molecular flexibility index (Phi) is 5.64. The number of methoxy groups -OCH3 is 2. The molecule has 0 aliphatic carbocycles. The van der Waals surface area contributed by atoms with E-state index in [2.05, 4.69) is 20.9 Å². The smallest absolute Gasteiger partial charge is 0.333 e. The molecular formula is C28H28N6O3. The van der Waals surface area contributed by atoms with E-state index < -0.39 is 0 Å². The van der Waals surface area contributed by atoms with Gasteiger partial charge in [0.15, 0.2) is 0 Å². The fraction of sp³-hybridized carbons (Fsp3) is 0.286. The Labute approximate surface area is 213 Å². The van der Waals surface area contributed by atoms with Gasteiger partial charge in [0.25, 0.3) is 0 Å². The van der Waals surface area contributed by atoms with E-state index in [-0.39, 0.29) is 5.69 Å². The lowest BCUT2D eigenvalue weighted by Crippen LogP contribution is -2.37. The van der Waals surface area contributed by atoms with Crippen molar-refractivity contribution in [2.45, 2.75) is 20.0 Å². The monoisotopic (exact) mass is 496 g/mol. The minimum Gasteiger partial charge on any atom is -0.495 e. The number of imidazole rings is 1. The topological polar surface area (TPSA) is 87.3 Å². The summed E-state index contributed by atoms with van der Waals surface area (Å²) in [7, 11) is 5.03. The number of aryl methyl sites for hydroxylation is 2. The van der Waals surface area contributed by atoms with Gasteiger partial charge in [-0.2, -0.15) is 0 Å². The Hall–Kier alpha value is -4.24. The molecule has 1 aliphatic rings. The summed E-state index contributed by atoms with van der Waals surface area (Å²) in [5.74, 6) is 1.62. The number of pyridine rings is 3. The molecule has 9 heteroatoms. The van der Waals surface area contributed by atoms with Crippen LogP contribution in [0.1, 0.15) is 17.8 Å². The van der Waals surface area contributed by atoms with Gasteiger partial charge in [-0.15, -0.1) is 0 Å².